The van der Waals surface area contributed by atoms with Crippen LogP contribution in [0.15, 0.2) is 48.7 Å². The highest BCUT2D eigenvalue weighted by Crippen LogP contribution is 2.13. The van der Waals surface area contributed by atoms with Gasteiger partial charge < -0.3 is 26.0 Å². The van der Waals surface area contributed by atoms with Crippen LogP contribution in [0, 0.1) is 5.92 Å². The maximum atomic E-state index is 13.0. The molecule has 4 N–H and O–H groups in total. The monoisotopic (exact) mass is 496 g/mol. The molecule has 1 aromatic rings. The predicted molar refractivity (Wildman–Crippen MR) is 138 cm³/mol. The molecule has 1 aliphatic rings. The van der Waals surface area contributed by atoms with Crippen molar-refractivity contribution in [1.29, 1.82) is 0 Å². The van der Waals surface area contributed by atoms with E-state index in [1.54, 1.807) is 45.1 Å². The van der Waals surface area contributed by atoms with Gasteiger partial charge in [0.1, 0.15) is 30.5 Å². The minimum absolute atomic E-state index is 0.217. The lowest BCUT2D eigenvalue weighted by atomic mass is 10.0. The molecule has 1 saturated heterocycles. The maximum Gasteiger partial charge on any atom is 0.244 e. The van der Waals surface area contributed by atoms with Gasteiger partial charge in [0.05, 0.1) is 0 Å². The predicted octanol–water partition coefficient (Wildman–Crippen LogP) is 1.85. The van der Waals surface area contributed by atoms with Gasteiger partial charge in [-0.2, -0.15) is 0 Å². The molecule has 1 aliphatic heterocycles. The molecule has 2 rings (SSSR count). The first-order chi connectivity index (χ1) is 17.2. The van der Waals surface area contributed by atoms with E-state index in [4.69, 9.17) is 4.74 Å². The zero-order valence-electron chi connectivity index (χ0n) is 21.1. The van der Waals surface area contributed by atoms with E-state index in [1.165, 1.54) is 6.08 Å². The molecular weight excluding hydrogens is 460 g/mol. The summed E-state index contributed by atoms with van der Waals surface area (Å²) in [6, 6.07) is 4.81. The van der Waals surface area contributed by atoms with Crippen LogP contribution in [0.1, 0.15) is 45.6 Å². The third-order valence-corrected chi connectivity index (χ3v) is 5.64. The second-order valence-corrected chi connectivity index (χ2v) is 8.93. The normalized spacial score (nSPS) is 21.7. The van der Waals surface area contributed by atoms with Gasteiger partial charge in [-0.1, -0.05) is 32.6 Å². The van der Waals surface area contributed by atoms with Gasteiger partial charge in [0.2, 0.25) is 23.6 Å². The van der Waals surface area contributed by atoms with E-state index in [0.29, 0.717) is 38.2 Å². The van der Waals surface area contributed by atoms with Crippen molar-refractivity contribution in [2.45, 2.75) is 58.2 Å². The molecule has 3 atom stereocenters. The van der Waals surface area contributed by atoms with Crippen molar-refractivity contribution in [2.24, 2.45) is 5.92 Å². The van der Waals surface area contributed by atoms with E-state index in [-0.39, 0.29) is 11.8 Å². The molecule has 9 nitrogen and oxygen atoms in total. The van der Waals surface area contributed by atoms with E-state index in [1.807, 2.05) is 12.1 Å². The lowest BCUT2D eigenvalue weighted by Gasteiger charge is -2.26. The van der Waals surface area contributed by atoms with Crippen LogP contribution in [0.4, 0.5) is 0 Å². The minimum Gasteiger partial charge on any atom is -0.489 e. The van der Waals surface area contributed by atoms with E-state index in [2.05, 4.69) is 33.6 Å². The van der Waals surface area contributed by atoms with Crippen LogP contribution in [0.25, 0.3) is 6.08 Å². The van der Waals surface area contributed by atoms with Gasteiger partial charge >= 0.3 is 0 Å². The van der Waals surface area contributed by atoms with E-state index in [0.717, 1.165) is 5.56 Å². The number of carbonyl (C=O) groups excluding carboxylic acids is 4. The van der Waals surface area contributed by atoms with Crippen LogP contribution >= 0.6 is 0 Å². The molecule has 4 amide bonds. The molecular formula is C27H36N4O5. The van der Waals surface area contributed by atoms with Crippen molar-refractivity contribution >= 4 is 29.7 Å². The van der Waals surface area contributed by atoms with Crippen LogP contribution in [-0.4, -0.2) is 54.9 Å². The Hall–Kier alpha value is -3.84. The van der Waals surface area contributed by atoms with Crippen LogP contribution < -0.4 is 26.0 Å². The van der Waals surface area contributed by atoms with E-state index >= 15 is 0 Å². The first-order valence-corrected chi connectivity index (χ1v) is 12.2. The first kappa shape index (κ1) is 28.4. The van der Waals surface area contributed by atoms with Crippen molar-refractivity contribution in [3.63, 3.8) is 0 Å². The standard InChI is InChI=1S/C27H36N4O5/c1-5-6-17-36-21-13-10-20(11-14-21)12-15-23(32)30-22-9-7-8-16-28-25(33)19(4)29-27(35)24(18(2)3)31-26(22)34/h6,10-15,18-19,22,24H,1,7-9,16-17H2,2-4H3,(H,28,33)(H,29,35)(H,30,32)(H,31,34)/b15-12+/t19-,22?,24?/m0/s1. The summed E-state index contributed by atoms with van der Waals surface area (Å²) in [5.41, 5.74) is 3.42. The van der Waals surface area contributed by atoms with E-state index < -0.39 is 35.8 Å². The highest BCUT2D eigenvalue weighted by atomic mass is 16.5. The number of benzene rings is 1. The van der Waals surface area contributed by atoms with Gasteiger partial charge in [-0.15, -0.1) is 5.73 Å². The summed E-state index contributed by atoms with van der Waals surface area (Å²) < 4.78 is 5.49. The van der Waals surface area contributed by atoms with Gasteiger partial charge in [-0.3, -0.25) is 19.2 Å². The van der Waals surface area contributed by atoms with Crippen molar-refractivity contribution in [3.05, 3.63) is 54.3 Å². The fourth-order valence-electron chi connectivity index (χ4n) is 3.53. The Labute approximate surface area is 212 Å². The average Bonchev–Trinajstić information content (AvgIpc) is 2.85. The molecule has 1 aromatic carbocycles. The lowest BCUT2D eigenvalue weighted by molar-refractivity contribution is -0.134. The number of nitrogens with one attached hydrogen (secondary N) is 4. The Kier molecular flexibility index (Phi) is 11.5. The highest BCUT2D eigenvalue weighted by Gasteiger charge is 2.30. The first-order valence-electron chi connectivity index (χ1n) is 12.2. The molecule has 9 heteroatoms. The molecule has 0 saturated carbocycles. The molecule has 2 unspecified atom stereocenters. The summed E-state index contributed by atoms with van der Waals surface area (Å²) >= 11 is 0. The molecule has 0 spiro atoms. The molecule has 0 bridgehead atoms. The topological polar surface area (TPSA) is 126 Å². The maximum absolute atomic E-state index is 13.0. The Morgan fingerprint density at radius 1 is 1.14 bits per heavy atom. The van der Waals surface area contributed by atoms with Crippen molar-refractivity contribution in [1.82, 2.24) is 21.3 Å². The van der Waals surface area contributed by atoms with Crippen molar-refractivity contribution in [2.75, 3.05) is 13.2 Å². The number of ether oxygens (including phenoxy) is 1. The Morgan fingerprint density at radius 3 is 2.53 bits per heavy atom. The molecule has 36 heavy (non-hydrogen) atoms. The minimum atomic E-state index is -0.842. The molecule has 194 valence electrons. The fraction of sp³-hybridized carbons (Fsp3) is 0.444. The molecule has 0 aromatic heterocycles. The van der Waals surface area contributed by atoms with Crippen molar-refractivity contribution < 1.29 is 23.9 Å². The summed E-state index contributed by atoms with van der Waals surface area (Å²) in [4.78, 5) is 50.6. The number of carbonyl (C=O) groups is 4. The van der Waals surface area contributed by atoms with Crippen LogP contribution in [0.3, 0.4) is 0 Å². The van der Waals surface area contributed by atoms with Gasteiger partial charge in [-0.25, -0.2) is 0 Å². The Balaban J connectivity index is 2.07. The summed E-state index contributed by atoms with van der Waals surface area (Å²) in [7, 11) is 0. The summed E-state index contributed by atoms with van der Waals surface area (Å²) in [6.07, 6.45) is 6.28. The number of rotatable bonds is 7. The second kappa shape index (κ2) is 14.5. The number of hydrogen-bond acceptors (Lipinski definition) is 5. The summed E-state index contributed by atoms with van der Waals surface area (Å²) in [6.45, 7) is 9.47. The largest absolute Gasteiger partial charge is 0.489 e. The Bertz CT molecular complexity index is 996. The van der Waals surface area contributed by atoms with Gasteiger partial charge in [0.25, 0.3) is 0 Å². The zero-order valence-corrected chi connectivity index (χ0v) is 21.1. The Morgan fingerprint density at radius 2 is 1.86 bits per heavy atom. The summed E-state index contributed by atoms with van der Waals surface area (Å²) in [5, 5.41) is 10.9. The lowest BCUT2D eigenvalue weighted by Crippen LogP contribution is -2.57. The smallest absolute Gasteiger partial charge is 0.244 e. The van der Waals surface area contributed by atoms with Gasteiger partial charge in [-0.05, 0) is 62.0 Å². The molecule has 0 radical (unpaired) electrons. The third-order valence-electron chi connectivity index (χ3n) is 5.64. The molecule has 1 fully saturated rings. The fourth-order valence-corrected chi connectivity index (χ4v) is 3.53. The quantitative estimate of drug-likeness (QED) is 0.339. The van der Waals surface area contributed by atoms with Crippen LogP contribution in [0.2, 0.25) is 0 Å². The van der Waals surface area contributed by atoms with Crippen LogP contribution in [-0.2, 0) is 19.2 Å². The van der Waals surface area contributed by atoms with Gasteiger partial charge in [0.15, 0.2) is 0 Å². The number of amides is 4. The SMILES string of the molecule is C=C=CCOc1ccc(/C=C/C(=O)NC2CCCCNC(=O)[C@H](C)NC(=O)C(C(C)C)NC2=O)cc1. The van der Waals surface area contributed by atoms with Crippen LogP contribution in [0.5, 0.6) is 5.75 Å². The molecule has 0 aliphatic carbocycles. The number of hydrogen-bond donors (Lipinski definition) is 4. The van der Waals surface area contributed by atoms with Crippen molar-refractivity contribution in [3.8, 4) is 5.75 Å². The second-order valence-electron chi connectivity index (χ2n) is 8.93. The van der Waals surface area contributed by atoms with E-state index in [9.17, 15) is 19.2 Å². The zero-order chi connectivity index (χ0) is 26.5. The average molecular weight is 497 g/mol. The van der Waals surface area contributed by atoms with Gasteiger partial charge in [0, 0.05) is 12.6 Å². The third kappa shape index (κ3) is 9.43. The summed E-state index contributed by atoms with van der Waals surface area (Å²) in [5.74, 6) is -1.13. The highest BCUT2D eigenvalue weighted by molar-refractivity contribution is 5.97. The molecule has 1 heterocycles.